The van der Waals surface area contributed by atoms with E-state index in [1.165, 1.54) is 135 Å². The molecule has 3 unspecified atom stereocenters. The van der Waals surface area contributed by atoms with Gasteiger partial charge in [0.1, 0.15) is 13.2 Å². The van der Waals surface area contributed by atoms with Crippen LogP contribution in [0.5, 0.6) is 0 Å². The van der Waals surface area contributed by atoms with Crippen LogP contribution in [-0.2, 0) is 18.4 Å². The van der Waals surface area contributed by atoms with Crippen molar-refractivity contribution in [1.29, 1.82) is 0 Å². The number of carbonyl (C=O) groups is 1. The van der Waals surface area contributed by atoms with E-state index in [-0.39, 0.29) is 19.1 Å². The predicted molar refractivity (Wildman–Crippen MR) is 240 cm³/mol. The second kappa shape index (κ2) is 39.2. The first kappa shape index (κ1) is 54.7. The standard InChI is InChI=1S/C47H91N2O6P/c1-6-8-10-12-14-16-18-20-21-22-23-24-25-26-27-28-29-31-33-35-37-39-41-47(51)48-45(44-55-56(52,53)54-43-42-49(3,4)5)46(50)40-38-36-34-32-30-19-17-15-13-11-9-7-2/h13,15,30,32,38,40,45-46,50H,6-12,14,16-29,31,33-37,39,41-44H2,1-5H3,(H-,48,51,52,53)/p+1/b15-13+,32-30+,40-38+. The molecule has 0 radical (unpaired) electrons. The number of hydrogen-bond acceptors (Lipinski definition) is 5. The molecule has 3 N–H and O–H groups in total. The van der Waals surface area contributed by atoms with Crippen LogP contribution in [0.15, 0.2) is 36.5 Å². The molecule has 3 atom stereocenters. The maximum atomic E-state index is 12.9. The van der Waals surface area contributed by atoms with Crippen LogP contribution in [0, 0.1) is 0 Å². The summed E-state index contributed by atoms with van der Waals surface area (Å²) >= 11 is 0. The van der Waals surface area contributed by atoms with Gasteiger partial charge in [-0.1, -0.05) is 198 Å². The number of phosphoric acid groups is 1. The summed E-state index contributed by atoms with van der Waals surface area (Å²) in [6.45, 7) is 4.74. The van der Waals surface area contributed by atoms with E-state index in [0.29, 0.717) is 17.4 Å². The number of nitrogens with zero attached hydrogens (tertiary/aromatic N) is 1. The highest BCUT2D eigenvalue weighted by atomic mass is 31.2. The van der Waals surface area contributed by atoms with E-state index in [2.05, 4.69) is 43.5 Å². The third-order valence-electron chi connectivity index (χ3n) is 10.3. The zero-order valence-corrected chi connectivity index (χ0v) is 38.3. The normalized spacial score (nSPS) is 14.6. The Hall–Kier alpha value is -1.28. The monoisotopic (exact) mass is 812 g/mol. The number of hydrogen-bond donors (Lipinski definition) is 3. The van der Waals surface area contributed by atoms with Crippen molar-refractivity contribution in [1.82, 2.24) is 5.32 Å². The number of unbranched alkanes of at least 4 members (excludes halogenated alkanes) is 25. The van der Waals surface area contributed by atoms with Crippen LogP contribution in [0.2, 0.25) is 0 Å². The van der Waals surface area contributed by atoms with Crippen molar-refractivity contribution in [2.24, 2.45) is 0 Å². The summed E-state index contributed by atoms with van der Waals surface area (Å²) in [5.41, 5.74) is 0. The van der Waals surface area contributed by atoms with Gasteiger partial charge in [0.15, 0.2) is 0 Å². The number of aliphatic hydroxyl groups excluding tert-OH is 1. The molecular weight excluding hydrogens is 719 g/mol. The summed E-state index contributed by atoms with van der Waals surface area (Å²) in [4.78, 5) is 23.1. The van der Waals surface area contributed by atoms with Gasteiger partial charge in [0.05, 0.1) is 39.9 Å². The van der Waals surface area contributed by atoms with E-state index in [0.717, 1.165) is 51.4 Å². The minimum Gasteiger partial charge on any atom is -0.387 e. The van der Waals surface area contributed by atoms with Crippen LogP contribution in [0.25, 0.3) is 0 Å². The van der Waals surface area contributed by atoms with E-state index in [9.17, 15) is 19.4 Å². The Labute approximate surface area is 347 Å². The number of likely N-dealkylation sites (N-methyl/N-ethyl adjacent to an activating group) is 1. The second-order valence-electron chi connectivity index (χ2n) is 17.1. The average molecular weight is 812 g/mol. The summed E-state index contributed by atoms with van der Waals surface area (Å²) in [6.07, 6.45) is 48.0. The van der Waals surface area contributed by atoms with E-state index >= 15 is 0 Å². The maximum Gasteiger partial charge on any atom is 0.472 e. The minimum absolute atomic E-state index is 0.0545. The van der Waals surface area contributed by atoms with Gasteiger partial charge in [-0.25, -0.2) is 4.57 Å². The number of amides is 1. The van der Waals surface area contributed by atoms with Crippen molar-refractivity contribution in [2.45, 2.75) is 219 Å². The van der Waals surface area contributed by atoms with Gasteiger partial charge in [-0.15, -0.1) is 0 Å². The predicted octanol–water partition coefficient (Wildman–Crippen LogP) is 13.1. The number of quaternary nitrogens is 1. The van der Waals surface area contributed by atoms with E-state index in [1.54, 1.807) is 6.08 Å². The molecule has 0 bridgehead atoms. The molecule has 0 heterocycles. The summed E-state index contributed by atoms with van der Waals surface area (Å²) in [7, 11) is 1.55. The fraction of sp³-hybridized carbons (Fsp3) is 0.851. The minimum atomic E-state index is -4.34. The number of nitrogens with one attached hydrogen (secondary N) is 1. The lowest BCUT2D eigenvalue weighted by molar-refractivity contribution is -0.870. The SMILES string of the molecule is CCCC/C=C/CC/C=C/CC/C=C/C(O)C(COP(=O)(O)OCC[N+](C)(C)C)NC(=O)CCCCCCCCCCCCCCCCCCCCCCCC. The Balaban J connectivity index is 4.29. The molecule has 0 aliphatic rings. The van der Waals surface area contributed by atoms with Gasteiger partial charge < -0.3 is 19.8 Å². The number of carbonyl (C=O) groups excluding carboxylic acids is 1. The van der Waals surface area contributed by atoms with Crippen molar-refractivity contribution >= 4 is 13.7 Å². The fourth-order valence-corrected chi connectivity index (χ4v) is 7.32. The Morgan fingerprint density at radius 2 is 0.982 bits per heavy atom. The molecule has 9 heteroatoms. The first-order valence-corrected chi connectivity index (χ1v) is 24.9. The van der Waals surface area contributed by atoms with Crippen LogP contribution in [0.1, 0.15) is 206 Å². The Morgan fingerprint density at radius 1 is 0.589 bits per heavy atom. The van der Waals surface area contributed by atoms with Crippen LogP contribution in [0.4, 0.5) is 0 Å². The highest BCUT2D eigenvalue weighted by Crippen LogP contribution is 2.43. The molecule has 0 saturated heterocycles. The van der Waals surface area contributed by atoms with Crippen molar-refractivity contribution in [3.8, 4) is 0 Å². The van der Waals surface area contributed by atoms with Crippen molar-refractivity contribution in [3.05, 3.63) is 36.5 Å². The van der Waals surface area contributed by atoms with Crippen LogP contribution in [-0.4, -0.2) is 73.4 Å². The largest absolute Gasteiger partial charge is 0.472 e. The van der Waals surface area contributed by atoms with Gasteiger partial charge in [0.25, 0.3) is 0 Å². The molecular formula is C47H92N2O6P+. The Kier molecular flexibility index (Phi) is 38.3. The fourth-order valence-electron chi connectivity index (χ4n) is 6.59. The first-order valence-electron chi connectivity index (χ1n) is 23.4. The van der Waals surface area contributed by atoms with Gasteiger partial charge >= 0.3 is 7.82 Å². The molecule has 0 aromatic heterocycles. The Morgan fingerprint density at radius 3 is 1.41 bits per heavy atom. The van der Waals surface area contributed by atoms with Gasteiger partial charge in [-0.2, -0.15) is 0 Å². The van der Waals surface area contributed by atoms with Crippen LogP contribution >= 0.6 is 7.82 Å². The van der Waals surface area contributed by atoms with Gasteiger partial charge in [-0.05, 0) is 38.5 Å². The second-order valence-corrected chi connectivity index (χ2v) is 18.6. The van der Waals surface area contributed by atoms with Gasteiger partial charge in [0, 0.05) is 6.42 Å². The molecule has 0 aromatic carbocycles. The van der Waals surface area contributed by atoms with Crippen LogP contribution < -0.4 is 5.32 Å². The molecule has 0 rings (SSSR count). The lowest BCUT2D eigenvalue weighted by atomic mass is 10.0. The molecule has 0 saturated carbocycles. The zero-order chi connectivity index (χ0) is 41.4. The third kappa shape index (κ3) is 40.9. The molecule has 1 amide bonds. The molecule has 0 aliphatic carbocycles. The molecule has 8 nitrogen and oxygen atoms in total. The molecule has 0 aliphatic heterocycles. The molecule has 0 fully saturated rings. The summed E-state index contributed by atoms with van der Waals surface area (Å²) in [5.74, 6) is -0.190. The quantitative estimate of drug-likeness (QED) is 0.0245. The number of allylic oxidation sites excluding steroid dienone is 5. The van der Waals surface area contributed by atoms with Crippen molar-refractivity contribution in [2.75, 3.05) is 40.9 Å². The average Bonchev–Trinajstić information content (AvgIpc) is 3.15. The Bertz CT molecular complexity index is 1010. The number of aliphatic hydroxyl groups is 1. The molecule has 56 heavy (non-hydrogen) atoms. The lowest BCUT2D eigenvalue weighted by Gasteiger charge is -2.25. The first-order chi connectivity index (χ1) is 27.0. The molecule has 0 aromatic rings. The van der Waals surface area contributed by atoms with Crippen LogP contribution in [0.3, 0.4) is 0 Å². The van der Waals surface area contributed by atoms with Crippen molar-refractivity contribution < 1.29 is 32.9 Å². The van der Waals surface area contributed by atoms with Gasteiger partial charge in [-0.3, -0.25) is 13.8 Å². The summed E-state index contributed by atoms with van der Waals surface area (Å²) in [6, 6.07) is -0.865. The lowest BCUT2D eigenvalue weighted by Crippen LogP contribution is -2.45. The van der Waals surface area contributed by atoms with E-state index < -0.39 is 20.0 Å². The molecule has 330 valence electrons. The topological polar surface area (TPSA) is 105 Å². The molecule has 0 spiro atoms. The van der Waals surface area contributed by atoms with Gasteiger partial charge in [0.2, 0.25) is 5.91 Å². The van der Waals surface area contributed by atoms with E-state index in [1.807, 2.05) is 27.2 Å². The maximum absolute atomic E-state index is 12.9. The van der Waals surface area contributed by atoms with Crippen molar-refractivity contribution in [3.63, 3.8) is 0 Å². The van der Waals surface area contributed by atoms with E-state index in [4.69, 9.17) is 9.05 Å². The number of phosphoric ester groups is 1. The highest BCUT2D eigenvalue weighted by Gasteiger charge is 2.27. The number of rotatable bonds is 42. The third-order valence-corrected chi connectivity index (χ3v) is 11.3. The highest BCUT2D eigenvalue weighted by molar-refractivity contribution is 7.47. The summed E-state index contributed by atoms with van der Waals surface area (Å²) < 4.78 is 23.5. The summed E-state index contributed by atoms with van der Waals surface area (Å²) in [5, 5.41) is 13.8. The smallest absolute Gasteiger partial charge is 0.387 e. The zero-order valence-electron chi connectivity index (χ0n) is 37.4.